The van der Waals surface area contributed by atoms with E-state index < -0.39 is 0 Å². The Morgan fingerprint density at radius 3 is 0.529 bits per heavy atom. The van der Waals surface area contributed by atoms with E-state index in [9.17, 15) is 0 Å². The molecule has 456 valence electrons. The highest BCUT2D eigenvalue weighted by Gasteiger charge is 1.99. The Bertz CT molecular complexity index is 528. The van der Waals surface area contributed by atoms with E-state index >= 15 is 0 Å². The molecular formula is C50H156N20. The zero-order valence-electron chi connectivity index (χ0n) is 37.0. The topological polar surface area (TPSA) is 386 Å². The third-order valence-electron chi connectivity index (χ3n) is 7.49. The summed E-state index contributed by atoms with van der Waals surface area (Å²) in [5.74, 6) is 0. The number of unbranched alkanes of at least 4 members (excludes halogenated alkanes) is 2. The molecule has 30 N–H and O–H groups in total. The minimum Gasteiger partial charge on any atom is -0.330 e. The van der Waals surface area contributed by atoms with Crippen molar-refractivity contribution in [3.63, 3.8) is 0 Å². The highest BCUT2D eigenvalue weighted by Crippen LogP contribution is 1.85. The van der Waals surface area contributed by atoms with Gasteiger partial charge in [0.1, 0.15) is 0 Å². The van der Waals surface area contributed by atoms with Gasteiger partial charge in [-0.25, -0.2) is 0 Å². The molecule has 0 bridgehead atoms. The minimum absolute atomic E-state index is 0. The van der Waals surface area contributed by atoms with Crippen molar-refractivity contribution in [1.29, 1.82) is 0 Å². The minimum atomic E-state index is 0. The first-order valence-electron chi connectivity index (χ1n) is 22.1. The number of nitrogens with one attached hydrogen (secondary N) is 8. The maximum Gasteiger partial charge on any atom is 0.0106 e. The number of hydrogen-bond donors (Lipinski definition) is 19. The van der Waals surface area contributed by atoms with Gasteiger partial charge in [0.05, 0.1) is 0 Å². The Morgan fingerprint density at radius 2 is 0.343 bits per heavy atom. The molecule has 0 saturated heterocycles. The SMILES string of the molecule is C.C.C.C.C.C.C.C.C.C.C.C.C.NCCCCNCCCN.NCCCNCCCCNCCCN.NCCN(CCN)CCN.NCCNCCNCCN.NCCNCCNCCNCCN. The molecule has 20 nitrogen and oxygen atoms in total. The largest absolute Gasteiger partial charge is 0.330 e. The van der Waals surface area contributed by atoms with Crippen LogP contribution in [0, 0.1) is 0 Å². The normalized spacial score (nSPS) is 8.57. The van der Waals surface area contributed by atoms with E-state index in [-0.39, 0.29) is 96.5 Å². The molecule has 0 aliphatic heterocycles. The predicted octanol–water partition coefficient (Wildman–Crippen LogP) is 1.50. The third kappa shape index (κ3) is 158. The molecule has 70 heavy (non-hydrogen) atoms. The molecular weight excluding hydrogens is 881 g/mol. The van der Waals surface area contributed by atoms with E-state index in [0.717, 1.165) is 176 Å². The lowest BCUT2D eigenvalue weighted by Crippen LogP contribution is -2.37. The van der Waals surface area contributed by atoms with E-state index in [4.69, 9.17) is 63.1 Å². The standard InChI is InChI=1S/C10H26N4.C8H23N5.C7H19N3.2C6H18N4.13CH4/c11-5-3-9-13-7-1-2-8-14-10-4-6-12;9-1-3-11-5-7-13-8-6-12-4-2-10;8-4-1-2-6-10-7-3-5-9;7-1-4-10(5-2-8)6-3-9;7-1-3-9-5-6-10-4-2-8;;;;;;;;;;;;;/h13-14H,1-12H2;11-13H,1-10H2;10H,1-9H2;1-9H2;9-10H,1-8H2;13*1H4. The van der Waals surface area contributed by atoms with Crippen LogP contribution in [0.1, 0.15) is 141 Å². The molecule has 0 amide bonds. The molecule has 0 aliphatic carbocycles. The molecule has 0 heterocycles. The summed E-state index contributed by atoms with van der Waals surface area (Å²) in [4.78, 5) is 2.17. The summed E-state index contributed by atoms with van der Waals surface area (Å²) in [5, 5.41) is 26.1. The molecule has 0 unspecified atom stereocenters. The Labute approximate surface area is 447 Å². The predicted molar refractivity (Wildman–Crippen MR) is 339 cm³/mol. The number of hydrogen-bond acceptors (Lipinski definition) is 20. The fourth-order valence-electron chi connectivity index (χ4n) is 4.40. The van der Waals surface area contributed by atoms with Crippen LogP contribution in [-0.2, 0) is 0 Å². The van der Waals surface area contributed by atoms with E-state index in [2.05, 4.69) is 47.4 Å². The van der Waals surface area contributed by atoms with Gasteiger partial charge >= 0.3 is 0 Å². The Hall–Kier alpha value is -0.800. The van der Waals surface area contributed by atoms with Crippen LogP contribution in [0.4, 0.5) is 0 Å². The summed E-state index contributed by atoms with van der Waals surface area (Å²) < 4.78 is 0. The average molecular weight is 1040 g/mol. The van der Waals surface area contributed by atoms with Gasteiger partial charge < -0.3 is 106 Å². The zero-order valence-corrected chi connectivity index (χ0v) is 37.0. The monoisotopic (exact) mass is 1040 g/mol. The van der Waals surface area contributed by atoms with Gasteiger partial charge in [-0.05, 0) is 110 Å². The fraction of sp³-hybridized carbons (Fsp3) is 1.00. The van der Waals surface area contributed by atoms with Crippen LogP contribution >= 0.6 is 0 Å². The molecule has 0 aromatic heterocycles. The van der Waals surface area contributed by atoms with Crippen LogP contribution in [-0.4, -0.2) is 201 Å². The van der Waals surface area contributed by atoms with Gasteiger partial charge in [0.2, 0.25) is 0 Å². The van der Waals surface area contributed by atoms with Crippen molar-refractivity contribution in [2.45, 2.75) is 141 Å². The third-order valence-corrected chi connectivity index (χ3v) is 7.49. The second-order valence-electron chi connectivity index (χ2n) is 13.0. The quantitative estimate of drug-likeness (QED) is 0.0386. The van der Waals surface area contributed by atoms with E-state index in [1.807, 2.05) is 0 Å². The molecule has 0 saturated carbocycles. The summed E-state index contributed by atoms with van der Waals surface area (Å²) >= 11 is 0. The van der Waals surface area contributed by atoms with Crippen molar-refractivity contribution in [3.05, 3.63) is 0 Å². The molecule has 20 heteroatoms. The first kappa shape index (κ1) is 123. The number of nitrogens with two attached hydrogens (primary N) is 11. The highest BCUT2D eigenvalue weighted by atomic mass is 15.1. The van der Waals surface area contributed by atoms with Gasteiger partial charge in [0.15, 0.2) is 0 Å². The van der Waals surface area contributed by atoms with Crippen LogP contribution < -0.4 is 106 Å². The van der Waals surface area contributed by atoms with Gasteiger partial charge in [-0.3, -0.25) is 4.90 Å². The smallest absolute Gasteiger partial charge is 0.0106 e. The molecule has 0 aliphatic rings. The van der Waals surface area contributed by atoms with Crippen molar-refractivity contribution >= 4 is 0 Å². The van der Waals surface area contributed by atoms with Gasteiger partial charge in [-0.1, -0.05) is 96.5 Å². The van der Waals surface area contributed by atoms with Crippen molar-refractivity contribution in [2.24, 2.45) is 63.1 Å². The second-order valence-corrected chi connectivity index (χ2v) is 13.0. The van der Waals surface area contributed by atoms with Crippen LogP contribution in [0.5, 0.6) is 0 Å². The number of rotatable bonds is 41. The summed E-state index contributed by atoms with van der Waals surface area (Å²) in [6.45, 7) is 26.6. The van der Waals surface area contributed by atoms with Crippen molar-refractivity contribution < 1.29 is 0 Å². The maximum absolute atomic E-state index is 5.38. The molecule has 0 fully saturated rings. The first-order valence-corrected chi connectivity index (χ1v) is 22.1. The van der Waals surface area contributed by atoms with Crippen LogP contribution in [0.2, 0.25) is 0 Å². The number of nitrogens with zero attached hydrogens (tertiary/aromatic N) is 1. The van der Waals surface area contributed by atoms with Gasteiger partial charge in [-0.15, -0.1) is 0 Å². The van der Waals surface area contributed by atoms with E-state index in [1.54, 1.807) is 0 Å². The lowest BCUT2D eigenvalue weighted by atomic mass is 10.3. The summed E-state index contributed by atoms with van der Waals surface area (Å²) in [6.07, 6.45) is 8.00. The van der Waals surface area contributed by atoms with Gasteiger partial charge in [0, 0.05) is 131 Å². The van der Waals surface area contributed by atoms with E-state index in [0.29, 0.717) is 45.8 Å². The Balaban J connectivity index is -0.0000000290. The van der Waals surface area contributed by atoms with Gasteiger partial charge in [0.25, 0.3) is 0 Å². The van der Waals surface area contributed by atoms with Crippen LogP contribution in [0.25, 0.3) is 0 Å². The molecule has 0 spiro atoms. The highest BCUT2D eigenvalue weighted by molar-refractivity contribution is 4.59. The molecule has 0 atom stereocenters. The summed E-state index contributed by atoms with van der Waals surface area (Å²) in [7, 11) is 0. The zero-order chi connectivity index (χ0) is 43.4. The van der Waals surface area contributed by atoms with Crippen molar-refractivity contribution in [2.75, 3.05) is 196 Å². The van der Waals surface area contributed by atoms with Crippen LogP contribution in [0.15, 0.2) is 0 Å². The van der Waals surface area contributed by atoms with E-state index in [1.165, 1.54) is 19.3 Å². The molecule has 0 aromatic carbocycles. The van der Waals surface area contributed by atoms with Crippen LogP contribution in [0.3, 0.4) is 0 Å². The second kappa shape index (κ2) is 138. The van der Waals surface area contributed by atoms with Crippen molar-refractivity contribution in [1.82, 2.24) is 47.4 Å². The summed E-state index contributed by atoms with van der Waals surface area (Å²) in [6, 6.07) is 0. The Kier molecular flexibility index (Phi) is 242. The van der Waals surface area contributed by atoms with Crippen molar-refractivity contribution in [3.8, 4) is 0 Å². The fourth-order valence-corrected chi connectivity index (χ4v) is 4.40. The molecule has 0 radical (unpaired) electrons. The average Bonchev–Trinajstić information content (AvgIpc) is 3.22. The first-order chi connectivity index (χ1) is 28.0. The lowest BCUT2D eigenvalue weighted by Gasteiger charge is -2.18. The maximum atomic E-state index is 5.38. The molecule has 0 aromatic rings. The lowest BCUT2D eigenvalue weighted by molar-refractivity contribution is 0.297. The molecule has 0 rings (SSSR count). The van der Waals surface area contributed by atoms with Gasteiger partial charge in [-0.2, -0.15) is 0 Å². The summed E-state index contributed by atoms with van der Waals surface area (Å²) in [5.41, 5.74) is 58.7. The Morgan fingerprint density at radius 1 is 0.171 bits per heavy atom.